The topological polar surface area (TPSA) is 63.8 Å². The number of anilines is 1. The van der Waals surface area contributed by atoms with Gasteiger partial charge in [-0.15, -0.1) is 0 Å². The molecule has 1 aliphatic heterocycles. The van der Waals surface area contributed by atoms with Crippen LogP contribution in [-0.2, 0) is 12.8 Å². The molecule has 25 heavy (non-hydrogen) atoms. The molecule has 3 N–H and O–H groups in total. The Balaban J connectivity index is 1.68. The summed E-state index contributed by atoms with van der Waals surface area (Å²) in [6, 6.07) is 17.5. The molecule has 1 atom stereocenters. The highest BCUT2D eigenvalue weighted by molar-refractivity contribution is 5.65. The Morgan fingerprint density at radius 3 is 2.76 bits per heavy atom. The van der Waals surface area contributed by atoms with Crippen molar-refractivity contribution in [2.24, 2.45) is 0 Å². The molecule has 1 aliphatic rings. The maximum absolute atomic E-state index is 6.10. The number of nitrogens with two attached hydrogens (primary N) is 1. The lowest BCUT2D eigenvalue weighted by atomic mass is 9.88. The quantitative estimate of drug-likeness (QED) is 0.772. The average molecular weight is 330 g/mol. The van der Waals surface area contributed by atoms with Gasteiger partial charge in [0.1, 0.15) is 11.6 Å². The number of rotatable bonds is 3. The molecule has 1 aromatic heterocycles. The number of hydrogen-bond acceptors (Lipinski definition) is 4. The van der Waals surface area contributed by atoms with Crippen molar-refractivity contribution < 1.29 is 0 Å². The van der Waals surface area contributed by atoms with Gasteiger partial charge in [-0.25, -0.2) is 9.97 Å². The van der Waals surface area contributed by atoms with Crippen LogP contribution in [0.4, 0.5) is 5.82 Å². The Morgan fingerprint density at radius 2 is 1.96 bits per heavy atom. The standard InChI is InChI=1S/C21H22N4/c1-14-24-13-18(21(22)25-14)12-20-19-11-17(15-5-3-2-4-6-15)8-7-16(19)9-10-23-20/h2-8,11,13,20,23H,9-10,12H2,1H3,(H2,22,24,25). The Labute approximate surface area is 148 Å². The molecular formula is C21H22N4. The van der Waals surface area contributed by atoms with Crippen molar-refractivity contribution >= 4 is 5.82 Å². The number of nitrogen functional groups attached to an aromatic ring is 1. The monoisotopic (exact) mass is 330 g/mol. The Kier molecular flexibility index (Phi) is 4.20. The van der Waals surface area contributed by atoms with Crippen LogP contribution < -0.4 is 11.1 Å². The third-order valence-corrected chi connectivity index (χ3v) is 4.86. The van der Waals surface area contributed by atoms with Gasteiger partial charge in [-0.05, 0) is 54.6 Å². The second-order valence-electron chi connectivity index (χ2n) is 6.57. The van der Waals surface area contributed by atoms with E-state index in [0.29, 0.717) is 11.6 Å². The van der Waals surface area contributed by atoms with E-state index in [-0.39, 0.29) is 6.04 Å². The lowest BCUT2D eigenvalue weighted by Gasteiger charge is -2.28. The van der Waals surface area contributed by atoms with E-state index in [0.717, 1.165) is 24.9 Å². The first kappa shape index (κ1) is 15.8. The van der Waals surface area contributed by atoms with E-state index in [1.807, 2.05) is 19.2 Å². The van der Waals surface area contributed by atoms with Gasteiger partial charge in [-0.2, -0.15) is 0 Å². The number of nitrogens with one attached hydrogen (secondary N) is 1. The number of nitrogens with zero attached hydrogens (tertiary/aromatic N) is 2. The largest absolute Gasteiger partial charge is 0.383 e. The van der Waals surface area contributed by atoms with Crippen LogP contribution in [0.25, 0.3) is 11.1 Å². The third kappa shape index (κ3) is 3.26. The predicted molar refractivity (Wildman–Crippen MR) is 101 cm³/mol. The van der Waals surface area contributed by atoms with E-state index in [2.05, 4.69) is 57.7 Å². The number of aromatic nitrogens is 2. The Morgan fingerprint density at radius 1 is 1.12 bits per heavy atom. The lowest BCUT2D eigenvalue weighted by Crippen LogP contribution is -2.31. The van der Waals surface area contributed by atoms with Gasteiger partial charge in [0.05, 0.1) is 0 Å². The molecule has 0 aliphatic carbocycles. The number of fused-ring (bicyclic) bond motifs is 1. The second kappa shape index (κ2) is 6.65. The molecule has 4 rings (SSSR count). The summed E-state index contributed by atoms with van der Waals surface area (Å²) in [5, 5.41) is 3.63. The normalized spacial score (nSPS) is 16.4. The minimum absolute atomic E-state index is 0.237. The predicted octanol–water partition coefficient (Wildman–Crippen LogP) is 3.46. The smallest absolute Gasteiger partial charge is 0.130 e. The molecule has 0 saturated heterocycles. The summed E-state index contributed by atoms with van der Waals surface area (Å²) >= 11 is 0. The highest BCUT2D eigenvalue weighted by Gasteiger charge is 2.21. The maximum atomic E-state index is 6.10. The first-order valence-corrected chi connectivity index (χ1v) is 8.70. The van der Waals surface area contributed by atoms with Gasteiger partial charge in [0, 0.05) is 17.8 Å². The summed E-state index contributed by atoms with van der Waals surface area (Å²) in [6.45, 7) is 2.84. The van der Waals surface area contributed by atoms with Crippen LogP contribution in [0.3, 0.4) is 0 Å². The van der Waals surface area contributed by atoms with Crippen molar-refractivity contribution in [3.63, 3.8) is 0 Å². The molecule has 0 fully saturated rings. The molecule has 126 valence electrons. The van der Waals surface area contributed by atoms with Crippen molar-refractivity contribution in [2.45, 2.75) is 25.8 Å². The Bertz CT molecular complexity index is 890. The minimum atomic E-state index is 0.237. The Hall–Kier alpha value is -2.72. The first-order valence-electron chi connectivity index (χ1n) is 8.70. The molecule has 1 unspecified atom stereocenters. The molecular weight excluding hydrogens is 308 g/mol. The zero-order chi connectivity index (χ0) is 17.2. The fourth-order valence-electron chi connectivity index (χ4n) is 3.52. The van der Waals surface area contributed by atoms with Crippen molar-refractivity contribution in [1.29, 1.82) is 0 Å². The van der Waals surface area contributed by atoms with Crippen LogP contribution in [0.15, 0.2) is 54.7 Å². The third-order valence-electron chi connectivity index (χ3n) is 4.86. The van der Waals surface area contributed by atoms with Gasteiger partial charge in [-0.1, -0.05) is 42.5 Å². The van der Waals surface area contributed by atoms with Crippen LogP contribution in [0.5, 0.6) is 0 Å². The van der Waals surface area contributed by atoms with Gasteiger partial charge >= 0.3 is 0 Å². The molecule has 4 heteroatoms. The van der Waals surface area contributed by atoms with Gasteiger partial charge in [0.25, 0.3) is 0 Å². The van der Waals surface area contributed by atoms with Crippen molar-refractivity contribution in [3.05, 3.63) is 77.2 Å². The van der Waals surface area contributed by atoms with Crippen LogP contribution >= 0.6 is 0 Å². The molecule has 0 bridgehead atoms. The molecule has 4 nitrogen and oxygen atoms in total. The van der Waals surface area contributed by atoms with E-state index in [1.54, 1.807) is 0 Å². The summed E-state index contributed by atoms with van der Waals surface area (Å²) in [5.74, 6) is 1.30. The fourth-order valence-corrected chi connectivity index (χ4v) is 3.52. The highest BCUT2D eigenvalue weighted by atomic mass is 15.0. The van der Waals surface area contributed by atoms with Crippen LogP contribution in [0.1, 0.15) is 28.6 Å². The van der Waals surface area contributed by atoms with E-state index in [1.165, 1.54) is 22.3 Å². The van der Waals surface area contributed by atoms with Crippen LogP contribution in [0, 0.1) is 6.92 Å². The average Bonchev–Trinajstić information content (AvgIpc) is 2.64. The lowest BCUT2D eigenvalue weighted by molar-refractivity contribution is 0.502. The minimum Gasteiger partial charge on any atom is -0.383 e. The summed E-state index contributed by atoms with van der Waals surface area (Å²) in [4.78, 5) is 8.61. The zero-order valence-corrected chi connectivity index (χ0v) is 14.4. The van der Waals surface area contributed by atoms with Crippen LogP contribution in [-0.4, -0.2) is 16.5 Å². The van der Waals surface area contributed by atoms with Gasteiger partial charge in [0.15, 0.2) is 0 Å². The van der Waals surface area contributed by atoms with Gasteiger partial charge in [-0.3, -0.25) is 0 Å². The molecule has 0 radical (unpaired) electrons. The fraction of sp³-hybridized carbons (Fsp3) is 0.238. The van der Waals surface area contributed by atoms with Gasteiger partial charge in [0.2, 0.25) is 0 Å². The molecule has 3 aromatic rings. The van der Waals surface area contributed by atoms with Crippen molar-refractivity contribution in [2.75, 3.05) is 12.3 Å². The summed E-state index contributed by atoms with van der Waals surface area (Å²) in [7, 11) is 0. The van der Waals surface area contributed by atoms with Crippen molar-refractivity contribution in [1.82, 2.24) is 15.3 Å². The van der Waals surface area contributed by atoms with E-state index >= 15 is 0 Å². The maximum Gasteiger partial charge on any atom is 0.130 e. The van der Waals surface area contributed by atoms with Crippen LogP contribution in [0.2, 0.25) is 0 Å². The number of hydrogen-bond donors (Lipinski definition) is 2. The second-order valence-corrected chi connectivity index (χ2v) is 6.57. The van der Waals surface area contributed by atoms with Crippen molar-refractivity contribution in [3.8, 4) is 11.1 Å². The van der Waals surface area contributed by atoms with E-state index in [9.17, 15) is 0 Å². The zero-order valence-electron chi connectivity index (χ0n) is 14.4. The number of benzene rings is 2. The number of aryl methyl sites for hydroxylation is 1. The molecule has 2 aromatic carbocycles. The van der Waals surface area contributed by atoms with E-state index < -0.39 is 0 Å². The highest BCUT2D eigenvalue weighted by Crippen LogP contribution is 2.31. The summed E-state index contributed by atoms with van der Waals surface area (Å²) in [6.07, 6.45) is 3.72. The van der Waals surface area contributed by atoms with E-state index in [4.69, 9.17) is 5.73 Å². The molecule has 2 heterocycles. The molecule has 0 amide bonds. The summed E-state index contributed by atoms with van der Waals surface area (Å²) in [5.41, 5.74) is 12.4. The first-order chi connectivity index (χ1) is 12.2. The van der Waals surface area contributed by atoms with Gasteiger partial charge < -0.3 is 11.1 Å². The molecule has 0 saturated carbocycles. The molecule has 0 spiro atoms. The summed E-state index contributed by atoms with van der Waals surface area (Å²) < 4.78 is 0. The SMILES string of the molecule is Cc1ncc(CC2NCCc3ccc(-c4ccccc4)cc32)c(N)n1.